The first kappa shape index (κ1) is 25.4. The van der Waals surface area contributed by atoms with Gasteiger partial charge >= 0.3 is 5.97 Å². The van der Waals surface area contributed by atoms with E-state index >= 15 is 0 Å². The van der Waals surface area contributed by atoms with Crippen LogP contribution in [0.1, 0.15) is 38.7 Å². The number of rotatable bonds is 9. The summed E-state index contributed by atoms with van der Waals surface area (Å²) in [6, 6.07) is 10.1. The first-order valence-corrected chi connectivity index (χ1v) is 12.9. The van der Waals surface area contributed by atoms with Crippen LogP contribution in [0.15, 0.2) is 65.2 Å². The van der Waals surface area contributed by atoms with Gasteiger partial charge in [0, 0.05) is 18.3 Å². The molecule has 3 aliphatic rings. The summed E-state index contributed by atoms with van der Waals surface area (Å²) in [4.78, 5) is 12.5. The predicted octanol–water partition coefficient (Wildman–Crippen LogP) is 5.95. The Balaban J connectivity index is 1.66. The van der Waals surface area contributed by atoms with Crippen molar-refractivity contribution in [1.29, 1.82) is 0 Å². The molecule has 1 aliphatic heterocycles. The van der Waals surface area contributed by atoms with Gasteiger partial charge in [-0.1, -0.05) is 60.7 Å². The second-order valence-electron chi connectivity index (χ2n) is 9.78. The molecule has 5 nitrogen and oxygen atoms in total. The second kappa shape index (κ2) is 10.5. The van der Waals surface area contributed by atoms with Crippen molar-refractivity contribution in [1.82, 2.24) is 0 Å². The fourth-order valence-corrected chi connectivity index (χ4v) is 6.64. The molecule has 6 heteroatoms. The van der Waals surface area contributed by atoms with Crippen molar-refractivity contribution >= 4 is 21.9 Å². The van der Waals surface area contributed by atoms with Crippen LogP contribution >= 0.6 is 15.9 Å². The maximum absolute atomic E-state index is 12.5. The van der Waals surface area contributed by atoms with Gasteiger partial charge in [0.2, 0.25) is 0 Å². The van der Waals surface area contributed by atoms with Crippen LogP contribution in [-0.4, -0.2) is 38.2 Å². The van der Waals surface area contributed by atoms with E-state index in [0.717, 1.165) is 36.0 Å². The van der Waals surface area contributed by atoms with E-state index in [1.54, 1.807) is 0 Å². The molecule has 1 aromatic rings. The van der Waals surface area contributed by atoms with Crippen LogP contribution in [0, 0.1) is 23.2 Å². The van der Waals surface area contributed by atoms with E-state index in [-0.39, 0.29) is 29.1 Å². The topological polar surface area (TPSA) is 54.0 Å². The van der Waals surface area contributed by atoms with Gasteiger partial charge in [0.05, 0.1) is 37.5 Å². The Labute approximate surface area is 211 Å². The maximum Gasteiger partial charge on any atom is 0.344 e. The zero-order chi connectivity index (χ0) is 24.3. The van der Waals surface area contributed by atoms with Crippen molar-refractivity contribution < 1.29 is 23.7 Å². The molecule has 2 bridgehead atoms. The Hall–Kier alpha value is -1.73. The molecular formula is C28H35BrO5. The van der Waals surface area contributed by atoms with Gasteiger partial charge in [0.1, 0.15) is 0 Å². The molecule has 2 aliphatic carbocycles. The van der Waals surface area contributed by atoms with Gasteiger partial charge in [-0.15, -0.1) is 0 Å². The molecule has 2 saturated carbocycles. The summed E-state index contributed by atoms with van der Waals surface area (Å²) in [6.07, 6.45) is 4.42. The second-order valence-corrected chi connectivity index (χ2v) is 10.6. The van der Waals surface area contributed by atoms with Gasteiger partial charge in [-0.3, -0.25) is 0 Å². The van der Waals surface area contributed by atoms with Crippen LogP contribution in [0.3, 0.4) is 0 Å². The minimum atomic E-state index is -0.613. The Morgan fingerprint density at radius 1 is 1.26 bits per heavy atom. The van der Waals surface area contributed by atoms with Gasteiger partial charge in [-0.05, 0) is 59.5 Å². The number of benzene rings is 1. The number of allylic oxidation sites excluding steroid dienone is 1. The average Bonchev–Trinajstić information content (AvgIpc) is 3.40. The molecule has 0 radical (unpaired) electrons. The molecule has 0 amide bonds. The summed E-state index contributed by atoms with van der Waals surface area (Å²) in [5.74, 6) is -0.751. The lowest BCUT2D eigenvalue weighted by Crippen LogP contribution is -2.51. The van der Waals surface area contributed by atoms with Gasteiger partial charge < -0.3 is 18.9 Å². The lowest BCUT2D eigenvalue weighted by Gasteiger charge is -2.51. The van der Waals surface area contributed by atoms with Crippen LogP contribution in [0.5, 0.6) is 0 Å². The zero-order valence-electron chi connectivity index (χ0n) is 20.2. The molecule has 0 unspecified atom stereocenters. The highest BCUT2D eigenvalue weighted by molar-refractivity contribution is 9.12. The Kier molecular flexibility index (Phi) is 7.82. The summed E-state index contributed by atoms with van der Waals surface area (Å²) in [6.45, 7) is 15.2. The highest BCUT2D eigenvalue weighted by atomic mass is 79.9. The Morgan fingerprint density at radius 2 is 1.97 bits per heavy atom. The van der Waals surface area contributed by atoms with Crippen molar-refractivity contribution in [2.24, 2.45) is 23.2 Å². The van der Waals surface area contributed by atoms with Crippen LogP contribution < -0.4 is 0 Å². The fourth-order valence-electron chi connectivity index (χ4n) is 6.20. The van der Waals surface area contributed by atoms with Gasteiger partial charge in [-0.2, -0.15) is 0 Å². The van der Waals surface area contributed by atoms with Crippen molar-refractivity contribution in [2.45, 2.75) is 45.5 Å². The average molecular weight is 531 g/mol. The molecule has 4 rings (SSSR count). The third-order valence-corrected chi connectivity index (χ3v) is 8.27. The molecule has 0 N–H and O–H groups in total. The van der Waals surface area contributed by atoms with E-state index in [2.05, 4.69) is 48.1 Å². The van der Waals surface area contributed by atoms with E-state index < -0.39 is 5.79 Å². The number of carbonyl (C=O) groups excluding carboxylic acids is 1. The quantitative estimate of drug-likeness (QED) is 0.224. The summed E-state index contributed by atoms with van der Waals surface area (Å²) < 4.78 is 24.4. The normalized spacial score (nSPS) is 28.8. The van der Waals surface area contributed by atoms with Gasteiger partial charge in [-0.25, -0.2) is 4.79 Å². The molecule has 4 atom stereocenters. The molecule has 3 fully saturated rings. The monoisotopic (exact) mass is 530 g/mol. The SMILES string of the molecule is C=C1C[C@]2([C@H](/C=C(\Br)C(=O)OCC)COCc3ccccc3)C[C@H]1C1(C[C@H]2C(=C)C)OCCO1. The van der Waals surface area contributed by atoms with E-state index in [1.165, 1.54) is 0 Å². The molecule has 1 saturated heterocycles. The first-order valence-electron chi connectivity index (χ1n) is 12.1. The van der Waals surface area contributed by atoms with Crippen molar-refractivity contribution in [2.75, 3.05) is 26.4 Å². The minimum Gasteiger partial charge on any atom is -0.462 e. The first-order chi connectivity index (χ1) is 16.3. The molecule has 34 heavy (non-hydrogen) atoms. The number of hydrogen-bond donors (Lipinski definition) is 0. The Morgan fingerprint density at radius 3 is 2.62 bits per heavy atom. The lowest BCUT2D eigenvalue weighted by molar-refractivity contribution is -0.222. The standard InChI is InChI=1S/C28H35BrO5/c1-5-32-26(30)25(29)13-22(18-31-17-21-9-7-6-8-10-21)27-14-20(4)24(15-27)28(33-11-12-34-28)16-23(27)19(2)3/h6-10,13,22-24H,2,4-5,11-12,14-18H2,1,3H3/b25-13-/t22-,23+,24-,27-/m1/s1. The smallest absolute Gasteiger partial charge is 0.344 e. The molecule has 1 aromatic carbocycles. The van der Waals surface area contributed by atoms with Crippen molar-refractivity contribution in [3.05, 3.63) is 70.8 Å². The lowest BCUT2D eigenvalue weighted by atomic mass is 9.57. The van der Waals surface area contributed by atoms with Crippen LogP contribution in [-0.2, 0) is 30.3 Å². The fraction of sp³-hybridized carbons (Fsp3) is 0.536. The molecule has 0 aromatic heterocycles. The molecule has 184 valence electrons. The molecule has 1 spiro atoms. The number of carbonyl (C=O) groups is 1. The third kappa shape index (κ3) is 4.83. The summed E-state index contributed by atoms with van der Waals surface area (Å²) >= 11 is 3.48. The number of ether oxygens (including phenoxy) is 4. The van der Waals surface area contributed by atoms with E-state index in [1.807, 2.05) is 31.2 Å². The maximum atomic E-state index is 12.5. The highest BCUT2D eigenvalue weighted by Gasteiger charge is 2.64. The number of halogens is 1. The van der Waals surface area contributed by atoms with Crippen LogP contribution in [0.4, 0.5) is 0 Å². The van der Waals surface area contributed by atoms with E-state index in [4.69, 9.17) is 18.9 Å². The molecular weight excluding hydrogens is 496 g/mol. The third-order valence-electron chi connectivity index (χ3n) is 7.68. The molecule has 1 heterocycles. The predicted molar refractivity (Wildman–Crippen MR) is 135 cm³/mol. The summed E-state index contributed by atoms with van der Waals surface area (Å²) in [5.41, 5.74) is 3.18. The van der Waals surface area contributed by atoms with E-state index in [9.17, 15) is 4.79 Å². The Bertz CT molecular complexity index is 949. The zero-order valence-corrected chi connectivity index (χ0v) is 21.8. The number of fused-ring (bicyclic) bond motifs is 3. The van der Waals surface area contributed by atoms with Crippen LogP contribution in [0.2, 0.25) is 0 Å². The minimum absolute atomic E-state index is 0.0443. The van der Waals surface area contributed by atoms with Crippen molar-refractivity contribution in [3.8, 4) is 0 Å². The van der Waals surface area contributed by atoms with Crippen molar-refractivity contribution in [3.63, 3.8) is 0 Å². The summed E-state index contributed by atoms with van der Waals surface area (Å²) in [5, 5.41) is 0. The van der Waals surface area contributed by atoms with Gasteiger partial charge in [0.25, 0.3) is 0 Å². The number of hydrogen-bond acceptors (Lipinski definition) is 5. The van der Waals surface area contributed by atoms with Crippen LogP contribution in [0.25, 0.3) is 0 Å². The number of esters is 1. The largest absolute Gasteiger partial charge is 0.462 e. The summed E-state index contributed by atoms with van der Waals surface area (Å²) in [7, 11) is 0. The van der Waals surface area contributed by atoms with Gasteiger partial charge in [0.15, 0.2) is 5.79 Å². The van der Waals surface area contributed by atoms with E-state index in [0.29, 0.717) is 37.5 Å². The highest BCUT2D eigenvalue weighted by Crippen LogP contribution is 2.66.